The number of nitrogens with one attached hydrogen (secondary N) is 2. The SMILES string of the molecule is Cl.O=C(c1ccccc1)C1CCN(C(=O)c2n[nH]c3c2CNCC3)CC1. The Morgan fingerprint density at radius 1 is 1.12 bits per heavy atom. The molecule has 1 aromatic carbocycles. The summed E-state index contributed by atoms with van der Waals surface area (Å²) in [5.41, 5.74) is 3.37. The Balaban J connectivity index is 0.00000196. The van der Waals surface area contributed by atoms with Crippen LogP contribution in [0.5, 0.6) is 0 Å². The quantitative estimate of drug-likeness (QED) is 0.807. The van der Waals surface area contributed by atoms with Gasteiger partial charge in [0.25, 0.3) is 5.91 Å². The minimum Gasteiger partial charge on any atom is -0.337 e. The van der Waals surface area contributed by atoms with Crippen LogP contribution in [0.25, 0.3) is 0 Å². The highest BCUT2D eigenvalue weighted by molar-refractivity contribution is 5.98. The Labute approximate surface area is 158 Å². The zero-order chi connectivity index (χ0) is 17.2. The van der Waals surface area contributed by atoms with Crippen molar-refractivity contribution in [3.8, 4) is 0 Å². The highest BCUT2D eigenvalue weighted by Crippen LogP contribution is 2.24. The van der Waals surface area contributed by atoms with E-state index in [2.05, 4.69) is 15.5 Å². The first-order valence-electron chi connectivity index (χ1n) is 8.89. The number of rotatable bonds is 3. The second-order valence-corrected chi connectivity index (χ2v) is 6.75. The number of hydrogen-bond donors (Lipinski definition) is 2. The number of halogens is 1. The average Bonchev–Trinajstić information content (AvgIpc) is 3.12. The van der Waals surface area contributed by atoms with Gasteiger partial charge in [0.15, 0.2) is 11.5 Å². The number of ketones is 1. The first kappa shape index (κ1) is 18.6. The molecule has 7 heteroatoms. The number of aromatic amines is 1. The van der Waals surface area contributed by atoms with Crippen molar-refractivity contribution in [1.29, 1.82) is 0 Å². The van der Waals surface area contributed by atoms with Crippen LogP contribution in [0, 0.1) is 5.92 Å². The molecule has 2 N–H and O–H groups in total. The summed E-state index contributed by atoms with van der Waals surface area (Å²) in [5.74, 6) is 0.169. The molecule has 3 heterocycles. The molecule has 0 atom stereocenters. The molecule has 0 radical (unpaired) electrons. The van der Waals surface area contributed by atoms with Crippen LogP contribution < -0.4 is 5.32 Å². The molecule has 138 valence electrons. The molecular weight excluding hydrogens is 352 g/mol. The van der Waals surface area contributed by atoms with Gasteiger partial charge < -0.3 is 10.2 Å². The standard InChI is InChI=1S/C19H22N4O2.ClH/c24-18(13-4-2-1-3-5-13)14-7-10-23(11-8-14)19(25)17-15-12-20-9-6-16(15)21-22-17;/h1-5,14,20H,6-12H2,(H,21,22);1H. The monoisotopic (exact) mass is 374 g/mol. The molecule has 0 bridgehead atoms. The van der Waals surface area contributed by atoms with Gasteiger partial charge in [-0.1, -0.05) is 30.3 Å². The topological polar surface area (TPSA) is 78.1 Å². The fraction of sp³-hybridized carbons (Fsp3) is 0.421. The van der Waals surface area contributed by atoms with Gasteiger partial charge in [0, 0.05) is 55.3 Å². The smallest absolute Gasteiger partial charge is 0.274 e. The Morgan fingerprint density at radius 2 is 1.85 bits per heavy atom. The van der Waals surface area contributed by atoms with Crippen LogP contribution in [0.2, 0.25) is 0 Å². The first-order chi connectivity index (χ1) is 12.2. The van der Waals surface area contributed by atoms with Crippen molar-refractivity contribution in [2.75, 3.05) is 19.6 Å². The second-order valence-electron chi connectivity index (χ2n) is 6.75. The summed E-state index contributed by atoms with van der Waals surface area (Å²) in [6, 6.07) is 9.42. The highest BCUT2D eigenvalue weighted by Gasteiger charge is 2.31. The molecule has 1 saturated heterocycles. The summed E-state index contributed by atoms with van der Waals surface area (Å²) in [6.45, 7) is 2.82. The van der Waals surface area contributed by atoms with Crippen LogP contribution in [0.1, 0.15) is 44.9 Å². The van der Waals surface area contributed by atoms with E-state index in [9.17, 15) is 9.59 Å². The van der Waals surface area contributed by atoms with E-state index in [4.69, 9.17) is 0 Å². The maximum Gasteiger partial charge on any atom is 0.274 e. The third-order valence-electron chi connectivity index (χ3n) is 5.22. The Kier molecular flexibility index (Phi) is 5.74. The molecule has 2 aliphatic rings. The van der Waals surface area contributed by atoms with Crippen molar-refractivity contribution >= 4 is 24.1 Å². The van der Waals surface area contributed by atoms with Gasteiger partial charge in [0.05, 0.1) is 0 Å². The molecular formula is C19H23ClN4O2. The number of amides is 1. The van der Waals surface area contributed by atoms with Gasteiger partial charge in [0.2, 0.25) is 0 Å². The maximum absolute atomic E-state index is 12.8. The molecule has 6 nitrogen and oxygen atoms in total. The summed E-state index contributed by atoms with van der Waals surface area (Å²) in [4.78, 5) is 27.2. The molecule has 2 aliphatic heterocycles. The Hall–Kier alpha value is -2.18. The number of piperidine rings is 1. The predicted octanol–water partition coefficient (Wildman–Crippen LogP) is 2.21. The lowest BCUT2D eigenvalue weighted by atomic mass is 9.88. The summed E-state index contributed by atoms with van der Waals surface area (Å²) in [5, 5.41) is 10.5. The third-order valence-corrected chi connectivity index (χ3v) is 5.22. The molecule has 0 unspecified atom stereocenters. The predicted molar refractivity (Wildman–Crippen MR) is 101 cm³/mol. The molecule has 0 spiro atoms. The normalized spacial score (nSPS) is 17.3. The van der Waals surface area contributed by atoms with Gasteiger partial charge in [-0.15, -0.1) is 12.4 Å². The molecule has 2 aromatic rings. The van der Waals surface area contributed by atoms with Crippen LogP contribution in [0.4, 0.5) is 0 Å². The van der Waals surface area contributed by atoms with Crippen LogP contribution in [-0.2, 0) is 13.0 Å². The Morgan fingerprint density at radius 3 is 2.58 bits per heavy atom. The van der Waals surface area contributed by atoms with Gasteiger partial charge in [0.1, 0.15) is 0 Å². The summed E-state index contributed by atoms with van der Waals surface area (Å²) < 4.78 is 0. The molecule has 1 aromatic heterocycles. The van der Waals surface area contributed by atoms with Gasteiger partial charge >= 0.3 is 0 Å². The van der Waals surface area contributed by atoms with Gasteiger partial charge in [-0.3, -0.25) is 14.7 Å². The van der Waals surface area contributed by atoms with Crippen LogP contribution in [-0.4, -0.2) is 46.4 Å². The van der Waals surface area contributed by atoms with E-state index in [-0.39, 0.29) is 30.0 Å². The van der Waals surface area contributed by atoms with E-state index in [1.54, 1.807) is 0 Å². The van der Waals surface area contributed by atoms with Crippen molar-refractivity contribution in [3.63, 3.8) is 0 Å². The van der Waals surface area contributed by atoms with Crippen LogP contribution in [0.3, 0.4) is 0 Å². The van der Waals surface area contributed by atoms with E-state index < -0.39 is 0 Å². The third kappa shape index (κ3) is 3.52. The lowest BCUT2D eigenvalue weighted by Gasteiger charge is -2.31. The number of H-pyrrole nitrogens is 1. The minimum atomic E-state index is -0.0215. The van der Waals surface area contributed by atoms with E-state index in [1.165, 1.54) is 0 Å². The second kappa shape index (κ2) is 8.01. The largest absolute Gasteiger partial charge is 0.337 e. The summed E-state index contributed by atoms with van der Waals surface area (Å²) in [6.07, 6.45) is 2.30. The molecule has 0 aliphatic carbocycles. The maximum atomic E-state index is 12.8. The Bertz CT molecular complexity index is 782. The first-order valence-corrected chi connectivity index (χ1v) is 8.89. The fourth-order valence-electron chi connectivity index (χ4n) is 3.73. The van der Waals surface area contributed by atoms with Gasteiger partial charge in [-0.25, -0.2) is 0 Å². The van der Waals surface area contributed by atoms with Crippen LogP contribution in [0.15, 0.2) is 30.3 Å². The fourth-order valence-corrected chi connectivity index (χ4v) is 3.73. The number of benzene rings is 1. The van der Waals surface area contributed by atoms with E-state index in [0.717, 1.165) is 29.8 Å². The molecule has 4 rings (SSSR count). The zero-order valence-electron chi connectivity index (χ0n) is 14.5. The van der Waals surface area contributed by atoms with Gasteiger partial charge in [-0.05, 0) is 12.8 Å². The van der Waals surface area contributed by atoms with Crippen molar-refractivity contribution in [2.24, 2.45) is 5.92 Å². The number of aromatic nitrogens is 2. The number of carbonyl (C=O) groups excluding carboxylic acids is 2. The number of fused-ring (bicyclic) bond motifs is 1. The number of nitrogens with zero attached hydrogens (tertiary/aromatic N) is 2. The van der Waals surface area contributed by atoms with Crippen LogP contribution >= 0.6 is 12.4 Å². The zero-order valence-corrected chi connectivity index (χ0v) is 15.3. The van der Waals surface area contributed by atoms with Gasteiger partial charge in [-0.2, -0.15) is 5.10 Å². The molecule has 26 heavy (non-hydrogen) atoms. The van der Waals surface area contributed by atoms with E-state index >= 15 is 0 Å². The summed E-state index contributed by atoms with van der Waals surface area (Å²) >= 11 is 0. The molecule has 1 amide bonds. The number of hydrogen-bond acceptors (Lipinski definition) is 4. The summed E-state index contributed by atoms with van der Waals surface area (Å²) in [7, 11) is 0. The highest BCUT2D eigenvalue weighted by atomic mass is 35.5. The van der Waals surface area contributed by atoms with Crippen molar-refractivity contribution in [2.45, 2.75) is 25.8 Å². The number of Topliss-reactive ketones (excluding diaryl/α,β-unsaturated/α-hetero) is 1. The van der Waals surface area contributed by atoms with Crippen molar-refractivity contribution in [3.05, 3.63) is 52.8 Å². The van der Waals surface area contributed by atoms with Crippen molar-refractivity contribution in [1.82, 2.24) is 20.4 Å². The van der Waals surface area contributed by atoms with Crippen molar-refractivity contribution < 1.29 is 9.59 Å². The molecule has 1 fully saturated rings. The number of likely N-dealkylation sites (tertiary alicyclic amines) is 1. The minimum absolute atomic E-state index is 0. The molecule has 0 saturated carbocycles. The van der Waals surface area contributed by atoms with E-state index in [0.29, 0.717) is 38.2 Å². The average molecular weight is 375 g/mol. The number of carbonyl (C=O) groups is 2. The van der Waals surface area contributed by atoms with E-state index in [1.807, 2.05) is 35.2 Å². The lowest BCUT2D eigenvalue weighted by Crippen LogP contribution is -2.41. The lowest BCUT2D eigenvalue weighted by molar-refractivity contribution is 0.0644.